The van der Waals surface area contributed by atoms with E-state index in [9.17, 15) is 9.00 Å². The van der Waals surface area contributed by atoms with Crippen LogP contribution in [0.1, 0.15) is 22.6 Å². The number of amides is 1. The molecule has 0 bridgehead atoms. The number of nitrogens with zero attached hydrogens (tertiary/aromatic N) is 1. The van der Waals surface area contributed by atoms with Crippen LogP contribution in [0, 0.1) is 13.8 Å². The summed E-state index contributed by atoms with van der Waals surface area (Å²) in [7, 11) is -1.36. The highest BCUT2D eigenvalue weighted by molar-refractivity contribution is 7.84. The second-order valence-corrected chi connectivity index (χ2v) is 8.74. The zero-order valence-corrected chi connectivity index (χ0v) is 18.0. The smallest absolute Gasteiger partial charge is 0.232 e. The largest absolute Gasteiger partial charge is 0.441 e. The van der Waals surface area contributed by atoms with Gasteiger partial charge in [-0.15, -0.1) is 0 Å². The molecule has 0 spiro atoms. The number of aromatic nitrogens is 1. The van der Waals surface area contributed by atoms with E-state index in [0.717, 1.165) is 16.7 Å². The number of carbonyl (C=O) groups excluding carboxylic acids is 1. The molecule has 0 aliphatic carbocycles. The van der Waals surface area contributed by atoms with Crippen molar-refractivity contribution < 1.29 is 13.4 Å². The molecule has 0 saturated heterocycles. The van der Waals surface area contributed by atoms with E-state index in [1.54, 1.807) is 6.92 Å². The van der Waals surface area contributed by atoms with Crippen molar-refractivity contribution in [3.05, 3.63) is 76.1 Å². The summed E-state index contributed by atoms with van der Waals surface area (Å²) < 4.78 is 18.1. The summed E-state index contributed by atoms with van der Waals surface area (Å²) >= 11 is 5.86. The highest BCUT2D eigenvalue weighted by Crippen LogP contribution is 2.23. The van der Waals surface area contributed by atoms with E-state index in [1.807, 2.05) is 55.5 Å². The van der Waals surface area contributed by atoms with Crippen LogP contribution in [0.5, 0.6) is 0 Å². The lowest BCUT2D eigenvalue weighted by molar-refractivity contribution is -0.118. The average Bonchev–Trinajstić information content (AvgIpc) is 3.04. The summed E-state index contributed by atoms with van der Waals surface area (Å²) in [4.78, 5) is 16.5. The highest BCUT2D eigenvalue weighted by Gasteiger charge is 2.16. The van der Waals surface area contributed by atoms with Crippen LogP contribution in [-0.2, 0) is 27.8 Å². The van der Waals surface area contributed by atoms with Crippen LogP contribution < -0.4 is 5.32 Å². The summed E-state index contributed by atoms with van der Waals surface area (Å²) in [5.74, 6) is 1.01. The Labute approximate surface area is 178 Å². The minimum absolute atomic E-state index is 0.0628. The summed E-state index contributed by atoms with van der Waals surface area (Å²) in [6.07, 6.45) is 0.692. The summed E-state index contributed by atoms with van der Waals surface area (Å²) in [6.45, 7) is 4.28. The molecule has 0 fully saturated rings. The van der Waals surface area contributed by atoms with E-state index in [4.69, 9.17) is 16.0 Å². The van der Waals surface area contributed by atoms with Gasteiger partial charge in [0.25, 0.3) is 0 Å². The first-order valence-corrected chi connectivity index (χ1v) is 11.2. The van der Waals surface area contributed by atoms with E-state index in [-0.39, 0.29) is 17.4 Å². The summed E-state index contributed by atoms with van der Waals surface area (Å²) in [5.41, 5.74) is 3.69. The molecule has 1 amide bonds. The van der Waals surface area contributed by atoms with Crippen molar-refractivity contribution in [2.75, 3.05) is 12.3 Å². The van der Waals surface area contributed by atoms with Gasteiger partial charge in [-0.05, 0) is 50.1 Å². The lowest BCUT2D eigenvalue weighted by Gasteiger charge is -2.05. The molecule has 5 nitrogen and oxygen atoms in total. The lowest BCUT2D eigenvalue weighted by atomic mass is 10.1. The van der Waals surface area contributed by atoms with Crippen LogP contribution in [0.15, 0.2) is 52.9 Å². The standard InChI is InChI=1S/C22H23ClN2O3S/c1-15-4-3-5-18(12-15)22-25-20(16(2)28-22)13-29(27)14-21(26)24-11-10-17-6-8-19(23)9-7-17/h3-9,12H,10-11,13-14H2,1-2H3,(H,24,26)/t29-/m0/s1. The van der Waals surface area contributed by atoms with Gasteiger partial charge in [0.15, 0.2) is 0 Å². The number of halogens is 1. The van der Waals surface area contributed by atoms with Crippen LogP contribution in [0.25, 0.3) is 11.5 Å². The van der Waals surface area contributed by atoms with Gasteiger partial charge in [0.2, 0.25) is 11.8 Å². The fourth-order valence-corrected chi connectivity index (χ4v) is 4.06. The van der Waals surface area contributed by atoms with Gasteiger partial charge in [0.05, 0.1) is 11.4 Å². The molecule has 1 heterocycles. The predicted molar refractivity (Wildman–Crippen MR) is 116 cm³/mol. The Morgan fingerprint density at radius 2 is 1.93 bits per heavy atom. The van der Waals surface area contributed by atoms with E-state index in [1.165, 1.54) is 0 Å². The molecular formula is C22H23ClN2O3S. The summed E-state index contributed by atoms with van der Waals surface area (Å²) in [6, 6.07) is 15.3. The molecular weight excluding hydrogens is 408 g/mol. The van der Waals surface area contributed by atoms with Crippen LogP contribution in [0.3, 0.4) is 0 Å². The zero-order valence-electron chi connectivity index (χ0n) is 16.4. The number of oxazole rings is 1. The first-order chi connectivity index (χ1) is 13.9. The first-order valence-electron chi connectivity index (χ1n) is 9.30. The van der Waals surface area contributed by atoms with Crippen molar-refractivity contribution in [3.8, 4) is 11.5 Å². The van der Waals surface area contributed by atoms with Crippen LogP contribution in [0.2, 0.25) is 5.02 Å². The maximum atomic E-state index is 12.4. The molecule has 0 aliphatic heterocycles. The number of benzene rings is 2. The maximum absolute atomic E-state index is 12.4. The van der Waals surface area contributed by atoms with Gasteiger partial charge in [-0.3, -0.25) is 9.00 Å². The second-order valence-electron chi connectivity index (χ2n) is 6.85. The topological polar surface area (TPSA) is 72.2 Å². The van der Waals surface area contributed by atoms with E-state index in [0.29, 0.717) is 35.3 Å². The molecule has 0 saturated carbocycles. The molecule has 3 rings (SSSR count). The second kappa shape index (κ2) is 9.85. The molecule has 152 valence electrons. The number of hydrogen-bond acceptors (Lipinski definition) is 4. The Bertz CT molecular complexity index is 1020. The lowest BCUT2D eigenvalue weighted by Crippen LogP contribution is -2.30. The molecule has 0 aliphatic rings. The number of rotatable bonds is 8. The molecule has 7 heteroatoms. The number of aryl methyl sites for hydroxylation is 2. The third kappa shape index (κ3) is 6.27. The van der Waals surface area contributed by atoms with Gasteiger partial charge in [-0.1, -0.05) is 41.4 Å². The number of hydrogen-bond donors (Lipinski definition) is 1. The normalized spacial score (nSPS) is 12.0. The molecule has 1 N–H and O–H groups in total. The van der Waals surface area contributed by atoms with E-state index in [2.05, 4.69) is 10.3 Å². The first kappa shape index (κ1) is 21.3. The zero-order chi connectivity index (χ0) is 20.8. The van der Waals surface area contributed by atoms with Crippen molar-refractivity contribution in [1.82, 2.24) is 10.3 Å². The molecule has 1 aromatic heterocycles. The quantitative estimate of drug-likeness (QED) is 0.580. The predicted octanol–water partition coefficient (Wildman–Crippen LogP) is 4.22. The van der Waals surface area contributed by atoms with Gasteiger partial charge in [0.1, 0.15) is 11.5 Å². The molecule has 3 aromatic rings. The number of carbonyl (C=O) groups is 1. The van der Waals surface area contributed by atoms with Crippen molar-refractivity contribution in [2.24, 2.45) is 0 Å². The Hall–Kier alpha value is -2.44. The molecule has 29 heavy (non-hydrogen) atoms. The van der Waals surface area contributed by atoms with Crippen molar-refractivity contribution >= 4 is 28.3 Å². The van der Waals surface area contributed by atoms with Gasteiger partial charge in [-0.25, -0.2) is 4.98 Å². The third-order valence-electron chi connectivity index (χ3n) is 4.40. The SMILES string of the molecule is Cc1cccc(-c2nc(C[S@](=O)CC(=O)NCCc3ccc(Cl)cc3)c(C)o2)c1. The van der Waals surface area contributed by atoms with E-state index >= 15 is 0 Å². The highest BCUT2D eigenvalue weighted by atomic mass is 35.5. The average molecular weight is 431 g/mol. The van der Waals surface area contributed by atoms with Gasteiger partial charge < -0.3 is 9.73 Å². The summed E-state index contributed by atoms with van der Waals surface area (Å²) in [5, 5.41) is 3.49. The Morgan fingerprint density at radius 3 is 2.66 bits per heavy atom. The van der Waals surface area contributed by atoms with Crippen LogP contribution in [-0.4, -0.2) is 27.4 Å². The minimum Gasteiger partial charge on any atom is -0.441 e. The third-order valence-corrected chi connectivity index (χ3v) is 5.83. The molecule has 1 atom stereocenters. The number of nitrogens with one attached hydrogen (secondary N) is 1. The van der Waals surface area contributed by atoms with Gasteiger partial charge >= 0.3 is 0 Å². The Kier molecular flexibility index (Phi) is 7.23. The van der Waals surface area contributed by atoms with Crippen LogP contribution in [0.4, 0.5) is 0 Å². The van der Waals surface area contributed by atoms with Crippen molar-refractivity contribution in [2.45, 2.75) is 26.0 Å². The fourth-order valence-electron chi connectivity index (χ4n) is 2.86. The van der Waals surface area contributed by atoms with Crippen molar-refractivity contribution in [1.29, 1.82) is 0 Å². The monoisotopic (exact) mass is 430 g/mol. The van der Waals surface area contributed by atoms with Crippen LogP contribution >= 0.6 is 11.6 Å². The van der Waals surface area contributed by atoms with Gasteiger partial charge in [0, 0.05) is 27.9 Å². The Morgan fingerprint density at radius 1 is 1.17 bits per heavy atom. The fraction of sp³-hybridized carbons (Fsp3) is 0.273. The molecule has 0 unspecified atom stereocenters. The Balaban J connectivity index is 1.50. The van der Waals surface area contributed by atoms with Gasteiger partial charge in [-0.2, -0.15) is 0 Å². The van der Waals surface area contributed by atoms with Crippen molar-refractivity contribution in [3.63, 3.8) is 0 Å². The molecule has 0 radical (unpaired) electrons. The van der Waals surface area contributed by atoms with E-state index < -0.39 is 10.8 Å². The minimum atomic E-state index is -1.36. The molecule has 2 aromatic carbocycles. The maximum Gasteiger partial charge on any atom is 0.232 e.